The third-order valence-corrected chi connectivity index (χ3v) is 3.68. The minimum absolute atomic E-state index is 0.0332. The molecule has 0 fully saturated rings. The highest BCUT2D eigenvalue weighted by atomic mass is 16.5. The fourth-order valence-corrected chi connectivity index (χ4v) is 2.57. The average Bonchev–Trinajstić information content (AvgIpc) is 2.46. The van der Waals surface area contributed by atoms with Gasteiger partial charge in [0.25, 0.3) is 5.56 Å². The minimum Gasteiger partial charge on any atom is -0.493 e. The minimum atomic E-state index is -0.145. The van der Waals surface area contributed by atoms with Crippen molar-refractivity contribution in [2.24, 2.45) is 0 Å². The van der Waals surface area contributed by atoms with Crippen LogP contribution in [0.2, 0.25) is 0 Å². The van der Waals surface area contributed by atoms with E-state index in [1.807, 2.05) is 31.2 Å². The van der Waals surface area contributed by atoms with Crippen LogP contribution in [-0.4, -0.2) is 16.6 Å². The van der Waals surface area contributed by atoms with Gasteiger partial charge in [0.1, 0.15) is 17.4 Å². The van der Waals surface area contributed by atoms with E-state index in [0.29, 0.717) is 30.2 Å². The molecule has 0 spiro atoms. The summed E-state index contributed by atoms with van der Waals surface area (Å²) in [5, 5.41) is 0. The van der Waals surface area contributed by atoms with Crippen LogP contribution >= 0.6 is 0 Å². The van der Waals surface area contributed by atoms with Gasteiger partial charge in [0.05, 0.1) is 18.1 Å². The first-order valence-corrected chi connectivity index (χ1v) is 6.78. The molecule has 1 aliphatic rings. The van der Waals surface area contributed by atoms with Crippen molar-refractivity contribution in [3.05, 3.63) is 51.6 Å². The highest BCUT2D eigenvalue weighted by Gasteiger charge is 2.24. The third kappa shape index (κ3) is 2.15. The van der Waals surface area contributed by atoms with Crippen LogP contribution in [0.4, 0.5) is 5.82 Å². The molecule has 0 amide bonds. The summed E-state index contributed by atoms with van der Waals surface area (Å²) in [5.41, 5.74) is 7.39. The van der Waals surface area contributed by atoms with E-state index in [-0.39, 0.29) is 11.5 Å². The number of benzene rings is 1. The summed E-state index contributed by atoms with van der Waals surface area (Å²) < 4.78 is 5.72. The Kier molecular flexibility index (Phi) is 3.18. The second-order valence-electron chi connectivity index (χ2n) is 4.99. The molecule has 1 aromatic heterocycles. The smallest absolute Gasteiger partial charge is 0.256 e. The summed E-state index contributed by atoms with van der Waals surface area (Å²) >= 11 is 0. The molecule has 0 radical (unpaired) electrons. The van der Waals surface area contributed by atoms with Gasteiger partial charge in [0, 0.05) is 0 Å². The van der Waals surface area contributed by atoms with Crippen LogP contribution in [0.25, 0.3) is 0 Å². The molecule has 1 atom stereocenters. The molecule has 104 valence electrons. The second kappa shape index (κ2) is 5.00. The van der Waals surface area contributed by atoms with E-state index in [1.165, 1.54) is 0 Å². The van der Waals surface area contributed by atoms with Gasteiger partial charge in [-0.15, -0.1) is 0 Å². The molecule has 20 heavy (non-hydrogen) atoms. The Bertz CT molecular complexity index is 694. The molecule has 1 aliphatic heterocycles. The molecule has 3 N–H and O–H groups in total. The lowest BCUT2D eigenvalue weighted by molar-refractivity contribution is 0.257. The number of nitrogen functional groups attached to an aromatic ring is 1. The van der Waals surface area contributed by atoms with Gasteiger partial charge in [-0.25, -0.2) is 4.98 Å². The van der Waals surface area contributed by atoms with Crippen molar-refractivity contribution in [3.8, 4) is 5.75 Å². The Balaban J connectivity index is 1.94. The fourth-order valence-electron chi connectivity index (χ4n) is 2.57. The summed E-state index contributed by atoms with van der Waals surface area (Å²) in [7, 11) is 0. The summed E-state index contributed by atoms with van der Waals surface area (Å²) in [4.78, 5) is 19.1. The van der Waals surface area contributed by atoms with Crippen molar-refractivity contribution < 1.29 is 4.74 Å². The summed E-state index contributed by atoms with van der Waals surface area (Å²) in [5.74, 6) is 1.87. The lowest BCUT2D eigenvalue weighted by Gasteiger charge is -2.24. The van der Waals surface area contributed by atoms with Crippen molar-refractivity contribution in [1.29, 1.82) is 0 Å². The topological polar surface area (TPSA) is 81.0 Å². The van der Waals surface area contributed by atoms with Crippen LogP contribution in [-0.2, 0) is 12.8 Å². The number of ether oxygens (including phenoxy) is 1. The number of nitrogens with two attached hydrogens (primary N) is 1. The van der Waals surface area contributed by atoms with Gasteiger partial charge in [0.2, 0.25) is 0 Å². The number of hydrogen-bond acceptors (Lipinski definition) is 4. The van der Waals surface area contributed by atoms with E-state index in [0.717, 1.165) is 17.7 Å². The zero-order valence-corrected chi connectivity index (χ0v) is 11.3. The molecule has 0 saturated heterocycles. The maximum absolute atomic E-state index is 12.0. The van der Waals surface area contributed by atoms with Gasteiger partial charge in [-0.1, -0.05) is 25.1 Å². The number of nitrogens with one attached hydrogen (secondary N) is 1. The number of fused-ring (bicyclic) bond motifs is 1. The van der Waals surface area contributed by atoms with E-state index < -0.39 is 0 Å². The Morgan fingerprint density at radius 2 is 2.25 bits per heavy atom. The van der Waals surface area contributed by atoms with Crippen molar-refractivity contribution >= 4 is 5.82 Å². The predicted molar refractivity (Wildman–Crippen MR) is 77.0 cm³/mol. The van der Waals surface area contributed by atoms with Crippen LogP contribution in [0, 0.1) is 0 Å². The molecule has 2 heterocycles. The van der Waals surface area contributed by atoms with Crippen LogP contribution in [0.3, 0.4) is 0 Å². The van der Waals surface area contributed by atoms with Gasteiger partial charge < -0.3 is 15.5 Å². The monoisotopic (exact) mass is 271 g/mol. The Hall–Kier alpha value is -2.30. The molecule has 1 unspecified atom stereocenters. The highest BCUT2D eigenvalue weighted by molar-refractivity contribution is 5.40. The Morgan fingerprint density at radius 3 is 3.00 bits per heavy atom. The van der Waals surface area contributed by atoms with Gasteiger partial charge in [-0.3, -0.25) is 4.79 Å². The first-order chi connectivity index (χ1) is 9.69. The van der Waals surface area contributed by atoms with E-state index in [1.54, 1.807) is 0 Å². The molecule has 3 rings (SSSR count). The SMILES string of the molecule is CCc1c(N)nc(C2COc3ccccc3C2)[nH]c1=O. The maximum Gasteiger partial charge on any atom is 0.256 e. The van der Waals surface area contributed by atoms with Crippen molar-refractivity contribution in [2.45, 2.75) is 25.7 Å². The van der Waals surface area contributed by atoms with Crippen molar-refractivity contribution in [2.75, 3.05) is 12.3 Å². The number of para-hydroxylation sites is 1. The summed E-state index contributed by atoms with van der Waals surface area (Å²) in [6.45, 7) is 2.40. The summed E-state index contributed by atoms with van der Waals surface area (Å²) in [6, 6.07) is 7.92. The van der Waals surface area contributed by atoms with Crippen LogP contribution in [0.1, 0.15) is 29.8 Å². The number of nitrogens with zero attached hydrogens (tertiary/aromatic N) is 1. The molecular weight excluding hydrogens is 254 g/mol. The first kappa shape index (κ1) is 12.7. The van der Waals surface area contributed by atoms with Crippen LogP contribution in [0.5, 0.6) is 5.75 Å². The standard InChI is InChI=1S/C15H17N3O2/c1-2-11-13(16)17-14(18-15(11)19)10-7-9-5-3-4-6-12(9)20-8-10/h3-6,10H,2,7-8H2,1H3,(H3,16,17,18,19). The fraction of sp³-hybridized carbons (Fsp3) is 0.333. The molecule has 2 aromatic rings. The van der Waals surface area contributed by atoms with Gasteiger partial charge in [0.15, 0.2) is 0 Å². The van der Waals surface area contributed by atoms with E-state index in [9.17, 15) is 4.79 Å². The van der Waals surface area contributed by atoms with Crippen molar-refractivity contribution in [1.82, 2.24) is 9.97 Å². The molecule has 0 aliphatic carbocycles. The number of aromatic nitrogens is 2. The number of aromatic amines is 1. The largest absolute Gasteiger partial charge is 0.493 e. The van der Waals surface area contributed by atoms with E-state index >= 15 is 0 Å². The first-order valence-electron chi connectivity index (χ1n) is 6.78. The Morgan fingerprint density at radius 1 is 1.45 bits per heavy atom. The molecule has 0 saturated carbocycles. The third-order valence-electron chi connectivity index (χ3n) is 3.68. The molecular formula is C15H17N3O2. The van der Waals surface area contributed by atoms with Crippen LogP contribution in [0.15, 0.2) is 29.1 Å². The van der Waals surface area contributed by atoms with Crippen LogP contribution < -0.4 is 16.0 Å². The van der Waals surface area contributed by atoms with Gasteiger partial charge in [-0.05, 0) is 24.5 Å². The Labute approximate surface area is 116 Å². The number of rotatable bonds is 2. The number of H-pyrrole nitrogens is 1. The zero-order valence-electron chi connectivity index (χ0n) is 11.3. The lowest BCUT2D eigenvalue weighted by Crippen LogP contribution is -2.26. The lowest BCUT2D eigenvalue weighted by atomic mass is 9.96. The average molecular weight is 271 g/mol. The van der Waals surface area contributed by atoms with E-state index in [4.69, 9.17) is 10.5 Å². The van der Waals surface area contributed by atoms with Crippen molar-refractivity contribution in [3.63, 3.8) is 0 Å². The molecule has 5 nitrogen and oxygen atoms in total. The quantitative estimate of drug-likeness (QED) is 0.870. The second-order valence-corrected chi connectivity index (χ2v) is 4.99. The highest BCUT2D eigenvalue weighted by Crippen LogP contribution is 2.30. The maximum atomic E-state index is 12.0. The van der Waals surface area contributed by atoms with E-state index in [2.05, 4.69) is 9.97 Å². The number of anilines is 1. The number of hydrogen-bond donors (Lipinski definition) is 2. The zero-order chi connectivity index (χ0) is 14.1. The molecule has 1 aromatic carbocycles. The molecule has 0 bridgehead atoms. The van der Waals surface area contributed by atoms with Gasteiger partial charge >= 0.3 is 0 Å². The molecule has 5 heteroatoms. The predicted octanol–water partition coefficient (Wildman–Crippen LogP) is 1.63. The normalized spacial score (nSPS) is 17.4. The van der Waals surface area contributed by atoms with Gasteiger partial charge in [-0.2, -0.15) is 0 Å². The summed E-state index contributed by atoms with van der Waals surface area (Å²) in [6.07, 6.45) is 1.38.